The first-order valence-electron chi connectivity index (χ1n) is 13.1. The standard InChI is InChI=1S/C31H32N6O3.ClH/c1-37(2)18-19-39-26-14-10-23(11-15-26)28-20-27-29(33-21-34-30(27)40-28)32-17-16-22-8-12-25(13-9-22)36-31(38)35-24-6-4-3-5-7-24;/h3-15,20-21H,16-19H2,1-2H3,(H,32,33,34)(H2,35,36,38);1H. The zero-order valence-electron chi connectivity index (χ0n) is 23.0. The molecule has 3 aromatic carbocycles. The Kier molecular flexibility index (Phi) is 10.1. The Hall–Kier alpha value is -4.60. The van der Waals surface area contributed by atoms with E-state index in [2.05, 4.69) is 30.8 Å². The molecule has 0 aliphatic carbocycles. The van der Waals surface area contributed by atoms with Crippen LogP contribution in [0.3, 0.4) is 0 Å². The average molecular weight is 573 g/mol. The Bertz CT molecular complexity index is 1540. The summed E-state index contributed by atoms with van der Waals surface area (Å²) in [5, 5.41) is 9.89. The van der Waals surface area contributed by atoms with Gasteiger partial charge in [0.2, 0.25) is 5.71 Å². The molecule has 2 aromatic heterocycles. The van der Waals surface area contributed by atoms with Crippen molar-refractivity contribution in [3.8, 4) is 17.1 Å². The van der Waals surface area contributed by atoms with Crippen molar-refractivity contribution >= 4 is 46.7 Å². The first-order chi connectivity index (χ1) is 19.5. The lowest BCUT2D eigenvalue weighted by molar-refractivity contribution is 0.261. The number of benzene rings is 3. The maximum atomic E-state index is 12.2. The molecule has 2 amide bonds. The highest BCUT2D eigenvalue weighted by Gasteiger charge is 2.12. The Morgan fingerprint density at radius 3 is 2.32 bits per heavy atom. The number of hydrogen-bond acceptors (Lipinski definition) is 7. The molecule has 0 spiro atoms. The summed E-state index contributed by atoms with van der Waals surface area (Å²) in [5.74, 6) is 2.26. The van der Waals surface area contributed by atoms with Gasteiger partial charge in [-0.15, -0.1) is 12.4 Å². The fraction of sp³-hybridized carbons (Fsp3) is 0.194. The number of aromatic nitrogens is 2. The van der Waals surface area contributed by atoms with Crippen LogP contribution in [0.2, 0.25) is 0 Å². The molecule has 0 radical (unpaired) electrons. The third-order valence-corrected chi connectivity index (χ3v) is 6.23. The summed E-state index contributed by atoms with van der Waals surface area (Å²) in [6.07, 6.45) is 2.28. The molecule has 212 valence electrons. The summed E-state index contributed by atoms with van der Waals surface area (Å²) < 4.78 is 11.8. The number of nitrogens with zero attached hydrogens (tertiary/aromatic N) is 3. The molecule has 0 atom stereocenters. The molecule has 10 heteroatoms. The van der Waals surface area contributed by atoms with Crippen molar-refractivity contribution in [2.45, 2.75) is 6.42 Å². The lowest BCUT2D eigenvalue weighted by Crippen LogP contribution is -2.19. The van der Waals surface area contributed by atoms with E-state index in [-0.39, 0.29) is 18.4 Å². The molecule has 41 heavy (non-hydrogen) atoms. The largest absolute Gasteiger partial charge is 0.492 e. The smallest absolute Gasteiger partial charge is 0.323 e. The molecular formula is C31H33ClN6O3. The van der Waals surface area contributed by atoms with Gasteiger partial charge in [0.05, 0.1) is 5.39 Å². The minimum atomic E-state index is -0.280. The van der Waals surface area contributed by atoms with Crippen molar-refractivity contribution in [3.63, 3.8) is 0 Å². The zero-order chi connectivity index (χ0) is 27.7. The number of carbonyl (C=O) groups is 1. The van der Waals surface area contributed by atoms with E-state index in [0.29, 0.717) is 18.9 Å². The second-order valence-corrected chi connectivity index (χ2v) is 9.55. The molecule has 5 rings (SSSR count). The van der Waals surface area contributed by atoms with Gasteiger partial charge in [0, 0.05) is 30.0 Å². The van der Waals surface area contributed by atoms with Gasteiger partial charge in [0.1, 0.15) is 30.3 Å². The van der Waals surface area contributed by atoms with Gasteiger partial charge in [-0.05, 0) is 80.7 Å². The Balaban J connectivity index is 0.00000387. The molecule has 0 aliphatic heterocycles. The Morgan fingerprint density at radius 1 is 0.902 bits per heavy atom. The number of likely N-dealkylation sites (N-methyl/N-ethyl adjacent to an activating group) is 1. The van der Waals surface area contributed by atoms with Gasteiger partial charge in [-0.1, -0.05) is 30.3 Å². The predicted octanol–water partition coefficient (Wildman–Crippen LogP) is 6.55. The molecule has 2 heterocycles. The quantitative estimate of drug-likeness (QED) is 0.165. The number of para-hydroxylation sites is 1. The van der Waals surface area contributed by atoms with E-state index in [4.69, 9.17) is 9.15 Å². The molecule has 0 aliphatic rings. The summed E-state index contributed by atoms with van der Waals surface area (Å²) in [5.41, 5.74) is 4.07. The minimum Gasteiger partial charge on any atom is -0.492 e. The Labute approximate surface area is 245 Å². The maximum absolute atomic E-state index is 12.2. The van der Waals surface area contributed by atoms with E-state index in [0.717, 1.165) is 58.2 Å². The van der Waals surface area contributed by atoms with E-state index < -0.39 is 0 Å². The van der Waals surface area contributed by atoms with Crippen LogP contribution in [0.4, 0.5) is 22.0 Å². The molecule has 0 fully saturated rings. The average Bonchev–Trinajstić information content (AvgIpc) is 3.40. The second-order valence-electron chi connectivity index (χ2n) is 9.55. The van der Waals surface area contributed by atoms with Gasteiger partial charge >= 0.3 is 6.03 Å². The third-order valence-electron chi connectivity index (χ3n) is 6.23. The lowest BCUT2D eigenvalue weighted by Gasteiger charge is -2.11. The van der Waals surface area contributed by atoms with E-state index >= 15 is 0 Å². The summed E-state index contributed by atoms with van der Waals surface area (Å²) in [6, 6.07) is 26.6. The second kappa shape index (κ2) is 14.2. The van der Waals surface area contributed by atoms with Crippen molar-refractivity contribution < 1.29 is 13.9 Å². The molecular weight excluding hydrogens is 540 g/mol. The third kappa shape index (κ3) is 8.20. The van der Waals surface area contributed by atoms with E-state index in [1.165, 1.54) is 6.33 Å². The zero-order valence-corrected chi connectivity index (χ0v) is 23.8. The lowest BCUT2D eigenvalue weighted by atomic mass is 10.1. The van der Waals surface area contributed by atoms with Crippen molar-refractivity contribution in [1.82, 2.24) is 14.9 Å². The van der Waals surface area contributed by atoms with Crippen LogP contribution in [0, 0.1) is 0 Å². The topological polar surface area (TPSA) is 105 Å². The number of rotatable bonds is 11. The minimum absolute atomic E-state index is 0. The maximum Gasteiger partial charge on any atom is 0.323 e. The van der Waals surface area contributed by atoms with Crippen LogP contribution in [0.1, 0.15) is 5.56 Å². The van der Waals surface area contributed by atoms with Crippen LogP contribution in [0.15, 0.2) is 95.7 Å². The number of nitrogens with one attached hydrogen (secondary N) is 3. The van der Waals surface area contributed by atoms with Gasteiger partial charge in [-0.2, -0.15) is 0 Å². The van der Waals surface area contributed by atoms with Gasteiger partial charge in [-0.3, -0.25) is 0 Å². The summed E-state index contributed by atoms with van der Waals surface area (Å²) in [7, 11) is 4.04. The number of ether oxygens (including phenoxy) is 1. The normalized spacial score (nSPS) is 10.7. The van der Waals surface area contributed by atoms with Gasteiger partial charge in [0.15, 0.2) is 0 Å². The highest BCUT2D eigenvalue weighted by atomic mass is 35.5. The van der Waals surface area contributed by atoms with Gasteiger partial charge in [0.25, 0.3) is 0 Å². The highest BCUT2D eigenvalue weighted by Crippen LogP contribution is 2.31. The number of hydrogen-bond donors (Lipinski definition) is 3. The van der Waals surface area contributed by atoms with Crippen LogP contribution in [0.5, 0.6) is 5.75 Å². The molecule has 9 nitrogen and oxygen atoms in total. The SMILES string of the molecule is CN(C)CCOc1ccc(-c2cc3c(NCCc4ccc(NC(=O)Nc5ccccc5)cc4)ncnc3o2)cc1.Cl. The van der Waals surface area contributed by atoms with Crippen LogP contribution in [-0.4, -0.2) is 54.7 Å². The molecule has 0 unspecified atom stereocenters. The highest BCUT2D eigenvalue weighted by molar-refractivity contribution is 5.99. The molecule has 0 bridgehead atoms. The number of carbonyl (C=O) groups excluding carboxylic acids is 1. The van der Waals surface area contributed by atoms with Crippen LogP contribution < -0.4 is 20.7 Å². The van der Waals surface area contributed by atoms with Crippen LogP contribution in [0.25, 0.3) is 22.4 Å². The van der Waals surface area contributed by atoms with Crippen LogP contribution >= 0.6 is 12.4 Å². The summed E-state index contributed by atoms with van der Waals surface area (Å²) >= 11 is 0. The molecule has 0 saturated carbocycles. The number of anilines is 3. The number of halogens is 1. The number of amides is 2. The molecule has 5 aromatic rings. The van der Waals surface area contributed by atoms with E-state index in [1.54, 1.807) is 0 Å². The van der Waals surface area contributed by atoms with Gasteiger partial charge < -0.3 is 30.0 Å². The van der Waals surface area contributed by atoms with Crippen LogP contribution in [-0.2, 0) is 6.42 Å². The first-order valence-corrected chi connectivity index (χ1v) is 13.1. The fourth-order valence-electron chi connectivity index (χ4n) is 4.10. The number of fused-ring (bicyclic) bond motifs is 1. The fourth-order valence-corrected chi connectivity index (χ4v) is 4.10. The van der Waals surface area contributed by atoms with Crippen molar-refractivity contribution in [2.75, 3.05) is 49.7 Å². The van der Waals surface area contributed by atoms with Crippen molar-refractivity contribution in [2.24, 2.45) is 0 Å². The molecule has 0 saturated heterocycles. The summed E-state index contributed by atoms with van der Waals surface area (Å²) in [6.45, 7) is 2.16. The van der Waals surface area contributed by atoms with E-state index in [9.17, 15) is 4.79 Å². The monoisotopic (exact) mass is 572 g/mol. The predicted molar refractivity (Wildman–Crippen MR) is 166 cm³/mol. The number of urea groups is 1. The number of furan rings is 1. The molecule has 3 N–H and O–H groups in total. The van der Waals surface area contributed by atoms with Crippen molar-refractivity contribution in [1.29, 1.82) is 0 Å². The first kappa shape index (κ1) is 29.4. The summed E-state index contributed by atoms with van der Waals surface area (Å²) in [4.78, 5) is 23.0. The Morgan fingerprint density at radius 2 is 1.61 bits per heavy atom. The van der Waals surface area contributed by atoms with Crippen molar-refractivity contribution in [3.05, 3.63) is 96.8 Å². The van der Waals surface area contributed by atoms with E-state index in [1.807, 2.05) is 99.0 Å². The van der Waals surface area contributed by atoms with Gasteiger partial charge in [-0.25, -0.2) is 14.8 Å².